The number of nitrogens with one attached hydrogen (secondary N) is 1. The highest BCUT2D eigenvalue weighted by Crippen LogP contribution is 2.32. The summed E-state index contributed by atoms with van der Waals surface area (Å²) in [5.74, 6) is 1.81. The van der Waals surface area contributed by atoms with Crippen molar-refractivity contribution in [3.05, 3.63) is 40.9 Å². The Morgan fingerprint density at radius 2 is 1.90 bits per heavy atom. The number of ether oxygens (including phenoxy) is 1. The summed E-state index contributed by atoms with van der Waals surface area (Å²) in [5.41, 5.74) is 0. The van der Waals surface area contributed by atoms with Crippen molar-refractivity contribution in [2.75, 3.05) is 19.7 Å². The summed E-state index contributed by atoms with van der Waals surface area (Å²) >= 11 is 3.66. The lowest BCUT2D eigenvalue weighted by molar-refractivity contribution is 0.307. The molecule has 1 aliphatic rings. The average Bonchev–Trinajstić information content (AvgIpc) is 3.03. The first-order chi connectivity index (χ1) is 10.3. The van der Waals surface area contributed by atoms with Gasteiger partial charge in [0.1, 0.15) is 12.4 Å². The van der Waals surface area contributed by atoms with Crippen molar-refractivity contribution in [3.63, 3.8) is 0 Å². The van der Waals surface area contributed by atoms with E-state index in [-0.39, 0.29) is 0 Å². The lowest BCUT2D eigenvalue weighted by Gasteiger charge is -2.13. The quantitative estimate of drug-likeness (QED) is 0.760. The molecule has 2 nitrogen and oxygen atoms in total. The largest absolute Gasteiger partial charge is 0.491 e. The fourth-order valence-corrected chi connectivity index (χ4v) is 3.69. The van der Waals surface area contributed by atoms with Crippen molar-refractivity contribution >= 4 is 26.7 Å². The molecule has 3 heteroatoms. The molecule has 2 aromatic carbocycles. The van der Waals surface area contributed by atoms with Crippen molar-refractivity contribution in [1.82, 2.24) is 5.32 Å². The van der Waals surface area contributed by atoms with Crippen molar-refractivity contribution in [2.45, 2.75) is 25.7 Å². The van der Waals surface area contributed by atoms with E-state index in [4.69, 9.17) is 4.74 Å². The molecule has 0 heterocycles. The van der Waals surface area contributed by atoms with Crippen LogP contribution >= 0.6 is 15.9 Å². The molecule has 0 saturated heterocycles. The molecule has 0 unspecified atom stereocenters. The predicted octanol–water partition coefficient (Wildman–Crippen LogP) is 4.76. The predicted molar refractivity (Wildman–Crippen MR) is 92.0 cm³/mol. The van der Waals surface area contributed by atoms with Crippen molar-refractivity contribution < 1.29 is 4.74 Å². The second-order valence-electron chi connectivity index (χ2n) is 5.80. The Morgan fingerprint density at radius 3 is 2.76 bits per heavy atom. The molecule has 1 aliphatic carbocycles. The van der Waals surface area contributed by atoms with Crippen LogP contribution in [-0.4, -0.2) is 19.7 Å². The Hall–Kier alpha value is -1.06. The summed E-state index contributed by atoms with van der Waals surface area (Å²) in [6, 6.07) is 12.5. The molecule has 21 heavy (non-hydrogen) atoms. The van der Waals surface area contributed by atoms with Gasteiger partial charge in [0.25, 0.3) is 0 Å². The van der Waals surface area contributed by atoms with E-state index in [1.165, 1.54) is 36.5 Å². The van der Waals surface area contributed by atoms with Crippen LogP contribution in [0.1, 0.15) is 25.7 Å². The summed E-state index contributed by atoms with van der Waals surface area (Å²) in [4.78, 5) is 0. The van der Waals surface area contributed by atoms with Crippen LogP contribution in [0.25, 0.3) is 10.8 Å². The summed E-state index contributed by atoms with van der Waals surface area (Å²) in [6.45, 7) is 2.77. The molecule has 112 valence electrons. The van der Waals surface area contributed by atoms with Crippen molar-refractivity contribution in [2.24, 2.45) is 5.92 Å². The Labute approximate surface area is 135 Å². The standard InChI is InChI=1S/C18H22BrNO/c19-18-16-8-4-3-7-15(16)9-10-17(18)21-12-11-20-13-14-5-1-2-6-14/h3-4,7-10,14,20H,1-2,5-6,11-13H2. The number of hydrogen-bond acceptors (Lipinski definition) is 2. The Kier molecular flexibility index (Phi) is 5.15. The molecule has 1 saturated carbocycles. The van der Waals surface area contributed by atoms with Gasteiger partial charge in [0.05, 0.1) is 4.47 Å². The van der Waals surface area contributed by atoms with E-state index in [1.807, 2.05) is 6.07 Å². The smallest absolute Gasteiger partial charge is 0.134 e. The Balaban J connectivity index is 1.49. The molecule has 1 fully saturated rings. The number of halogens is 1. The van der Waals surface area contributed by atoms with E-state index < -0.39 is 0 Å². The van der Waals surface area contributed by atoms with Gasteiger partial charge in [-0.05, 0) is 58.1 Å². The number of fused-ring (bicyclic) bond motifs is 1. The van der Waals surface area contributed by atoms with Gasteiger partial charge in [-0.1, -0.05) is 43.2 Å². The van der Waals surface area contributed by atoms with E-state index in [2.05, 4.69) is 51.6 Å². The zero-order chi connectivity index (χ0) is 14.5. The average molecular weight is 348 g/mol. The van der Waals surface area contributed by atoms with E-state index in [0.29, 0.717) is 6.61 Å². The second-order valence-corrected chi connectivity index (χ2v) is 6.59. The van der Waals surface area contributed by atoms with E-state index in [9.17, 15) is 0 Å². The third-order valence-electron chi connectivity index (χ3n) is 4.27. The SMILES string of the molecule is Brc1c(OCCNCC2CCCC2)ccc2ccccc12. The van der Waals surface area contributed by atoms with Crippen LogP contribution in [0.3, 0.4) is 0 Å². The Morgan fingerprint density at radius 1 is 1.10 bits per heavy atom. The van der Waals surface area contributed by atoms with Crippen LogP contribution in [0.5, 0.6) is 5.75 Å². The number of hydrogen-bond donors (Lipinski definition) is 1. The van der Waals surface area contributed by atoms with E-state index in [0.717, 1.165) is 29.2 Å². The maximum absolute atomic E-state index is 5.90. The van der Waals surface area contributed by atoms with Crippen molar-refractivity contribution in [1.29, 1.82) is 0 Å². The fourth-order valence-electron chi connectivity index (χ4n) is 3.08. The molecule has 0 bridgehead atoms. The molecular formula is C18H22BrNO. The molecule has 0 spiro atoms. The van der Waals surface area contributed by atoms with Crippen LogP contribution in [0.4, 0.5) is 0 Å². The van der Waals surface area contributed by atoms with Gasteiger partial charge >= 0.3 is 0 Å². The molecule has 0 radical (unpaired) electrons. The maximum Gasteiger partial charge on any atom is 0.134 e. The summed E-state index contributed by atoms with van der Waals surface area (Å²) in [6.07, 6.45) is 5.61. The first kappa shape index (κ1) is 14.9. The molecule has 0 amide bonds. The highest BCUT2D eigenvalue weighted by Gasteiger charge is 2.13. The van der Waals surface area contributed by atoms with Crippen LogP contribution in [0.15, 0.2) is 40.9 Å². The lowest BCUT2D eigenvalue weighted by Crippen LogP contribution is -2.26. The zero-order valence-corrected chi connectivity index (χ0v) is 13.9. The molecule has 2 aromatic rings. The van der Waals surface area contributed by atoms with Gasteiger partial charge in [0, 0.05) is 6.54 Å². The Bertz CT molecular complexity index is 593. The van der Waals surface area contributed by atoms with Gasteiger partial charge in [-0.2, -0.15) is 0 Å². The monoisotopic (exact) mass is 347 g/mol. The van der Waals surface area contributed by atoms with Crippen LogP contribution < -0.4 is 10.1 Å². The third kappa shape index (κ3) is 3.78. The molecule has 0 aliphatic heterocycles. The fraction of sp³-hybridized carbons (Fsp3) is 0.444. The number of rotatable bonds is 6. The summed E-state index contributed by atoms with van der Waals surface area (Å²) < 4.78 is 6.95. The van der Waals surface area contributed by atoms with Gasteiger partial charge in [-0.25, -0.2) is 0 Å². The first-order valence-corrected chi connectivity index (χ1v) is 8.64. The lowest BCUT2D eigenvalue weighted by atomic mass is 10.1. The summed E-state index contributed by atoms with van der Waals surface area (Å²) in [7, 11) is 0. The number of benzene rings is 2. The van der Waals surface area contributed by atoms with Crippen molar-refractivity contribution in [3.8, 4) is 5.75 Å². The zero-order valence-electron chi connectivity index (χ0n) is 12.3. The highest BCUT2D eigenvalue weighted by molar-refractivity contribution is 9.10. The second kappa shape index (κ2) is 7.28. The van der Waals surface area contributed by atoms with Crippen LogP contribution in [-0.2, 0) is 0 Å². The minimum atomic E-state index is 0.712. The highest BCUT2D eigenvalue weighted by atomic mass is 79.9. The maximum atomic E-state index is 5.90. The van der Waals surface area contributed by atoms with E-state index in [1.54, 1.807) is 0 Å². The molecular weight excluding hydrogens is 326 g/mol. The van der Waals surface area contributed by atoms with Gasteiger partial charge in [-0.3, -0.25) is 0 Å². The minimum absolute atomic E-state index is 0.712. The molecule has 3 rings (SSSR count). The molecule has 0 aromatic heterocycles. The minimum Gasteiger partial charge on any atom is -0.491 e. The van der Waals surface area contributed by atoms with Gasteiger partial charge in [0.15, 0.2) is 0 Å². The molecule has 1 N–H and O–H groups in total. The van der Waals surface area contributed by atoms with Crippen LogP contribution in [0, 0.1) is 5.92 Å². The van der Waals surface area contributed by atoms with Gasteiger partial charge in [-0.15, -0.1) is 0 Å². The van der Waals surface area contributed by atoms with Gasteiger partial charge < -0.3 is 10.1 Å². The van der Waals surface area contributed by atoms with E-state index >= 15 is 0 Å². The molecule has 0 atom stereocenters. The van der Waals surface area contributed by atoms with Crippen LogP contribution in [0.2, 0.25) is 0 Å². The summed E-state index contributed by atoms with van der Waals surface area (Å²) in [5, 5.41) is 5.95. The first-order valence-electron chi connectivity index (χ1n) is 7.85. The van der Waals surface area contributed by atoms with Gasteiger partial charge in [0.2, 0.25) is 0 Å². The third-order valence-corrected chi connectivity index (χ3v) is 5.09. The topological polar surface area (TPSA) is 21.3 Å². The normalized spacial score (nSPS) is 15.7.